The molecule has 0 atom stereocenters. The van der Waals surface area contributed by atoms with Crippen molar-refractivity contribution in [3.63, 3.8) is 0 Å². The number of benzene rings is 2. The molecule has 1 fully saturated rings. The van der Waals surface area contributed by atoms with E-state index in [0.29, 0.717) is 19.2 Å². The molecule has 11 heteroatoms. The Hall–Kier alpha value is -2.27. The van der Waals surface area contributed by atoms with Gasteiger partial charge in [-0.15, -0.1) is 0 Å². The first-order chi connectivity index (χ1) is 14.2. The lowest BCUT2D eigenvalue weighted by molar-refractivity contribution is -0.895. The number of carbonyl (C=O) groups is 1. The number of nitrogens with zero attached hydrogens (tertiary/aromatic N) is 1. The summed E-state index contributed by atoms with van der Waals surface area (Å²) in [6, 6.07) is 7.29. The van der Waals surface area contributed by atoms with Gasteiger partial charge in [-0.25, -0.2) is 17.2 Å². The number of ether oxygens (including phenoxy) is 1. The number of anilines is 1. The summed E-state index contributed by atoms with van der Waals surface area (Å²) in [5, 5.41) is 2.69. The van der Waals surface area contributed by atoms with E-state index in [1.807, 2.05) is 0 Å². The summed E-state index contributed by atoms with van der Waals surface area (Å²) in [7, 11) is -2.43. The fourth-order valence-corrected chi connectivity index (χ4v) is 5.08. The molecule has 2 aromatic carbocycles. The molecule has 162 valence electrons. The van der Waals surface area contributed by atoms with Crippen molar-refractivity contribution in [1.29, 1.82) is 0 Å². The second-order valence-electron chi connectivity index (χ2n) is 6.80. The zero-order valence-electron chi connectivity index (χ0n) is 16.1. The Labute approximate surface area is 178 Å². The van der Waals surface area contributed by atoms with Crippen LogP contribution in [0.15, 0.2) is 41.3 Å². The summed E-state index contributed by atoms with van der Waals surface area (Å²) in [6.45, 7) is 1.21. The highest BCUT2D eigenvalue weighted by Crippen LogP contribution is 2.29. The highest BCUT2D eigenvalue weighted by atomic mass is 35.5. The van der Waals surface area contributed by atoms with E-state index in [4.69, 9.17) is 16.3 Å². The van der Waals surface area contributed by atoms with Gasteiger partial charge in [-0.3, -0.25) is 4.79 Å². The van der Waals surface area contributed by atoms with Crippen LogP contribution in [0.2, 0.25) is 5.02 Å². The Morgan fingerprint density at radius 3 is 2.53 bits per heavy atom. The Morgan fingerprint density at radius 1 is 1.20 bits per heavy atom. The van der Waals surface area contributed by atoms with Crippen LogP contribution in [0.3, 0.4) is 0 Å². The average Bonchev–Trinajstić information content (AvgIpc) is 2.70. The molecule has 0 aliphatic carbocycles. The third-order valence-electron chi connectivity index (χ3n) is 4.79. The Kier molecular flexibility index (Phi) is 6.91. The van der Waals surface area contributed by atoms with Crippen molar-refractivity contribution < 1.29 is 31.6 Å². The summed E-state index contributed by atoms with van der Waals surface area (Å²) in [5.41, 5.74) is -0.102. The van der Waals surface area contributed by atoms with Crippen LogP contribution in [0, 0.1) is 11.6 Å². The minimum Gasteiger partial charge on any atom is -0.495 e. The van der Waals surface area contributed by atoms with E-state index in [9.17, 15) is 22.0 Å². The first kappa shape index (κ1) is 22.4. The van der Waals surface area contributed by atoms with Gasteiger partial charge in [0.25, 0.3) is 5.91 Å². The number of amides is 1. The lowest BCUT2D eigenvalue weighted by Gasteiger charge is -2.31. The molecule has 1 aliphatic heterocycles. The van der Waals surface area contributed by atoms with Crippen molar-refractivity contribution in [1.82, 2.24) is 4.31 Å². The minimum absolute atomic E-state index is 0.00882. The molecule has 2 N–H and O–H groups in total. The number of carbonyl (C=O) groups excluding carboxylic acids is 1. The van der Waals surface area contributed by atoms with E-state index in [2.05, 4.69) is 5.32 Å². The van der Waals surface area contributed by atoms with Gasteiger partial charge in [0.05, 0.1) is 39.0 Å². The molecule has 0 radical (unpaired) electrons. The Bertz CT molecular complexity index is 1040. The smallest absolute Gasteiger partial charge is 0.279 e. The SMILES string of the molecule is COc1ccc(Cl)cc1S(=O)(=O)N1CC[NH+](CC(=O)Nc2ccc(F)cc2F)CC1. The predicted octanol–water partition coefficient (Wildman–Crippen LogP) is 1.15. The molecule has 1 amide bonds. The third-order valence-corrected chi connectivity index (χ3v) is 6.94. The first-order valence-electron chi connectivity index (χ1n) is 9.13. The van der Waals surface area contributed by atoms with Crippen LogP contribution in [0.25, 0.3) is 0 Å². The maximum atomic E-state index is 13.7. The number of sulfonamides is 1. The fraction of sp³-hybridized carbons (Fsp3) is 0.316. The molecule has 30 heavy (non-hydrogen) atoms. The maximum absolute atomic E-state index is 13.7. The molecule has 7 nitrogen and oxygen atoms in total. The number of halogens is 3. The van der Waals surface area contributed by atoms with E-state index in [0.717, 1.165) is 17.0 Å². The minimum atomic E-state index is -3.81. The van der Waals surface area contributed by atoms with Crippen LogP contribution >= 0.6 is 11.6 Å². The first-order valence-corrected chi connectivity index (χ1v) is 10.9. The van der Waals surface area contributed by atoms with E-state index < -0.39 is 27.6 Å². The zero-order valence-corrected chi connectivity index (χ0v) is 17.7. The molecular weight excluding hydrogens is 440 g/mol. The number of methoxy groups -OCH3 is 1. The summed E-state index contributed by atoms with van der Waals surface area (Å²) in [4.78, 5) is 13.0. The Morgan fingerprint density at radius 2 is 1.90 bits per heavy atom. The van der Waals surface area contributed by atoms with Crippen LogP contribution in [0.4, 0.5) is 14.5 Å². The molecule has 0 unspecified atom stereocenters. The van der Waals surface area contributed by atoms with Gasteiger partial charge in [-0.1, -0.05) is 11.6 Å². The highest BCUT2D eigenvalue weighted by Gasteiger charge is 2.33. The van der Waals surface area contributed by atoms with Gasteiger partial charge in [0, 0.05) is 11.1 Å². The molecule has 1 heterocycles. The number of nitrogens with one attached hydrogen (secondary N) is 2. The number of piperazine rings is 1. The van der Waals surface area contributed by atoms with Gasteiger partial charge in [0.1, 0.15) is 22.3 Å². The molecular formula is C19H21ClF2N3O4S+. The molecule has 1 saturated heterocycles. The van der Waals surface area contributed by atoms with Crippen LogP contribution < -0.4 is 15.0 Å². The molecule has 2 aromatic rings. The van der Waals surface area contributed by atoms with Gasteiger partial charge < -0.3 is 15.0 Å². The lowest BCUT2D eigenvalue weighted by Crippen LogP contribution is -3.15. The van der Waals surface area contributed by atoms with Crippen LogP contribution in [-0.4, -0.2) is 58.5 Å². The molecule has 1 aliphatic rings. The third kappa shape index (κ3) is 5.07. The predicted molar refractivity (Wildman–Crippen MR) is 107 cm³/mol. The van der Waals surface area contributed by atoms with Crippen molar-refractivity contribution in [2.24, 2.45) is 0 Å². The van der Waals surface area contributed by atoms with Crippen molar-refractivity contribution in [2.75, 3.05) is 45.2 Å². The lowest BCUT2D eigenvalue weighted by atomic mass is 10.3. The molecule has 0 saturated carbocycles. The topological polar surface area (TPSA) is 80.2 Å². The molecule has 0 bridgehead atoms. The van der Waals surface area contributed by atoms with Gasteiger partial charge in [-0.2, -0.15) is 4.31 Å². The zero-order chi connectivity index (χ0) is 21.9. The maximum Gasteiger partial charge on any atom is 0.279 e. The molecule has 0 spiro atoms. The van der Waals surface area contributed by atoms with E-state index >= 15 is 0 Å². The largest absolute Gasteiger partial charge is 0.495 e. The van der Waals surface area contributed by atoms with E-state index in [1.54, 1.807) is 6.07 Å². The number of hydrogen-bond acceptors (Lipinski definition) is 4. The van der Waals surface area contributed by atoms with Gasteiger partial charge in [-0.05, 0) is 30.3 Å². The summed E-state index contributed by atoms with van der Waals surface area (Å²) in [6.07, 6.45) is 0. The quantitative estimate of drug-likeness (QED) is 0.678. The molecule has 3 rings (SSSR count). The van der Waals surface area contributed by atoms with Crippen molar-refractivity contribution in [2.45, 2.75) is 4.90 Å². The number of rotatable bonds is 6. The summed E-state index contributed by atoms with van der Waals surface area (Å²) >= 11 is 5.95. The summed E-state index contributed by atoms with van der Waals surface area (Å²) < 4.78 is 59.1. The number of hydrogen-bond donors (Lipinski definition) is 2. The molecule has 0 aromatic heterocycles. The van der Waals surface area contributed by atoms with Crippen LogP contribution in [-0.2, 0) is 14.8 Å². The normalized spacial score (nSPS) is 15.7. The second-order valence-corrected chi connectivity index (χ2v) is 9.14. The average molecular weight is 461 g/mol. The van der Waals surface area contributed by atoms with Gasteiger partial charge in [0.15, 0.2) is 6.54 Å². The van der Waals surface area contributed by atoms with Crippen molar-refractivity contribution in [3.8, 4) is 5.75 Å². The van der Waals surface area contributed by atoms with Gasteiger partial charge >= 0.3 is 0 Å². The summed E-state index contributed by atoms with van der Waals surface area (Å²) in [5.74, 6) is -1.83. The second kappa shape index (κ2) is 9.25. The van der Waals surface area contributed by atoms with Crippen LogP contribution in [0.1, 0.15) is 0 Å². The standard InChI is InChI=1S/C19H20ClF2N3O4S/c1-29-17-5-2-13(20)10-18(17)30(27,28)25-8-6-24(7-9-25)12-19(26)23-16-4-3-14(21)11-15(16)22/h2-5,10-11H,6-9,12H2,1H3,(H,23,26)/p+1. The fourth-order valence-electron chi connectivity index (χ4n) is 3.22. The van der Waals surface area contributed by atoms with Crippen molar-refractivity contribution in [3.05, 3.63) is 53.1 Å². The number of quaternary nitrogens is 1. The van der Waals surface area contributed by atoms with Crippen molar-refractivity contribution >= 4 is 33.2 Å². The van der Waals surface area contributed by atoms with E-state index in [1.165, 1.54) is 23.5 Å². The van der Waals surface area contributed by atoms with Gasteiger partial charge in [0.2, 0.25) is 10.0 Å². The van der Waals surface area contributed by atoms with Crippen LogP contribution in [0.5, 0.6) is 5.75 Å². The Balaban J connectivity index is 1.60. The monoisotopic (exact) mass is 460 g/mol. The van der Waals surface area contributed by atoms with E-state index in [-0.39, 0.29) is 41.0 Å². The highest BCUT2D eigenvalue weighted by molar-refractivity contribution is 7.89.